The SMILES string of the molecule is CCCCCCCCCCCCCCCC(O)C1=NC(Cl)CN1CCCC. The Morgan fingerprint density at radius 1 is 0.852 bits per heavy atom. The lowest BCUT2D eigenvalue weighted by Crippen LogP contribution is -2.37. The molecule has 0 saturated heterocycles. The van der Waals surface area contributed by atoms with Crippen molar-refractivity contribution in [2.45, 2.75) is 128 Å². The zero-order chi connectivity index (χ0) is 19.7. The molecule has 1 rings (SSSR count). The minimum Gasteiger partial charge on any atom is -0.385 e. The van der Waals surface area contributed by atoms with Crippen LogP contribution < -0.4 is 0 Å². The van der Waals surface area contributed by atoms with Crippen molar-refractivity contribution >= 4 is 17.4 Å². The van der Waals surface area contributed by atoms with Gasteiger partial charge in [0.15, 0.2) is 0 Å². The van der Waals surface area contributed by atoms with Gasteiger partial charge in [0.25, 0.3) is 0 Å². The van der Waals surface area contributed by atoms with E-state index in [1.165, 1.54) is 77.0 Å². The number of unbranched alkanes of at least 4 members (excludes halogenated alkanes) is 13. The molecule has 0 aliphatic carbocycles. The lowest BCUT2D eigenvalue weighted by atomic mass is 10.0. The predicted molar refractivity (Wildman–Crippen MR) is 120 cm³/mol. The minimum atomic E-state index is -0.432. The molecule has 0 saturated carbocycles. The molecule has 1 heterocycles. The first-order chi connectivity index (χ1) is 13.2. The number of amidine groups is 1. The molecule has 0 fully saturated rings. The van der Waals surface area contributed by atoms with E-state index >= 15 is 0 Å². The van der Waals surface area contributed by atoms with Crippen LogP contribution >= 0.6 is 11.6 Å². The lowest BCUT2D eigenvalue weighted by Gasteiger charge is -2.23. The van der Waals surface area contributed by atoms with Crippen molar-refractivity contribution < 1.29 is 5.11 Å². The molecule has 3 nitrogen and oxygen atoms in total. The lowest BCUT2D eigenvalue weighted by molar-refractivity contribution is 0.208. The number of aliphatic imine (C=N–C) groups is 1. The predicted octanol–water partition coefficient (Wildman–Crippen LogP) is 6.91. The van der Waals surface area contributed by atoms with Crippen LogP contribution in [-0.4, -0.2) is 40.5 Å². The Morgan fingerprint density at radius 2 is 1.33 bits per heavy atom. The van der Waals surface area contributed by atoms with Gasteiger partial charge in [-0.25, -0.2) is 4.99 Å². The molecule has 0 aromatic carbocycles. The molecule has 1 aliphatic rings. The number of halogens is 1. The van der Waals surface area contributed by atoms with Crippen LogP contribution in [0.2, 0.25) is 0 Å². The van der Waals surface area contributed by atoms with E-state index in [0.29, 0.717) is 0 Å². The smallest absolute Gasteiger partial charge is 0.143 e. The van der Waals surface area contributed by atoms with Gasteiger partial charge in [-0.1, -0.05) is 115 Å². The second-order valence-corrected chi connectivity index (χ2v) is 8.77. The Hall–Kier alpha value is -0.280. The van der Waals surface area contributed by atoms with Crippen LogP contribution in [-0.2, 0) is 0 Å². The van der Waals surface area contributed by atoms with Gasteiger partial charge in [-0.3, -0.25) is 0 Å². The van der Waals surface area contributed by atoms with Crippen LogP contribution in [0.4, 0.5) is 0 Å². The zero-order valence-corrected chi connectivity index (χ0v) is 18.9. The average molecular weight is 401 g/mol. The number of hydrogen-bond donors (Lipinski definition) is 1. The van der Waals surface area contributed by atoms with Gasteiger partial charge in [-0.05, 0) is 12.8 Å². The summed E-state index contributed by atoms with van der Waals surface area (Å²) < 4.78 is 0. The minimum absolute atomic E-state index is 0.182. The standard InChI is InChI=1S/C23H45ClN2O/c1-3-5-7-8-9-10-11-12-13-14-15-16-17-18-21(27)23-25-22(24)20-26(23)19-6-4-2/h21-22,27H,3-20H2,1-2H3. The van der Waals surface area contributed by atoms with Gasteiger partial charge in [0.2, 0.25) is 0 Å². The summed E-state index contributed by atoms with van der Waals surface area (Å²) in [6, 6.07) is 0. The van der Waals surface area contributed by atoms with Crippen LogP contribution in [0.15, 0.2) is 4.99 Å². The molecule has 1 aliphatic heterocycles. The largest absolute Gasteiger partial charge is 0.385 e. The number of rotatable bonds is 18. The maximum atomic E-state index is 10.5. The fraction of sp³-hybridized carbons (Fsp3) is 0.957. The first-order valence-electron chi connectivity index (χ1n) is 11.8. The topological polar surface area (TPSA) is 35.8 Å². The van der Waals surface area contributed by atoms with Crippen molar-refractivity contribution in [1.29, 1.82) is 0 Å². The van der Waals surface area contributed by atoms with Crippen LogP contribution in [0.3, 0.4) is 0 Å². The molecule has 0 amide bonds. The zero-order valence-electron chi connectivity index (χ0n) is 18.1. The molecule has 4 heteroatoms. The van der Waals surface area contributed by atoms with Crippen LogP contribution in [0.25, 0.3) is 0 Å². The molecule has 2 unspecified atom stereocenters. The Bertz CT molecular complexity index is 375. The van der Waals surface area contributed by atoms with Crippen molar-refractivity contribution in [2.24, 2.45) is 4.99 Å². The Balaban J connectivity index is 1.96. The first kappa shape index (κ1) is 24.8. The summed E-state index contributed by atoms with van der Waals surface area (Å²) in [7, 11) is 0. The molecule has 160 valence electrons. The number of hydrogen-bond acceptors (Lipinski definition) is 3. The van der Waals surface area contributed by atoms with E-state index in [2.05, 4.69) is 23.7 Å². The molecule has 0 spiro atoms. The second-order valence-electron chi connectivity index (χ2n) is 8.27. The summed E-state index contributed by atoms with van der Waals surface area (Å²) in [5.74, 6) is 0.836. The summed E-state index contributed by atoms with van der Waals surface area (Å²) >= 11 is 6.17. The fourth-order valence-electron chi connectivity index (χ4n) is 3.88. The summed E-state index contributed by atoms with van der Waals surface area (Å²) in [5, 5.41) is 10.5. The quantitative estimate of drug-likeness (QED) is 0.154. The van der Waals surface area contributed by atoms with E-state index < -0.39 is 6.10 Å². The average Bonchev–Trinajstić information content (AvgIpc) is 3.04. The number of nitrogens with zero attached hydrogens (tertiary/aromatic N) is 2. The normalized spacial score (nSPS) is 18.1. The highest BCUT2D eigenvalue weighted by molar-refractivity contribution is 6.22. The molecule has 1 N–H and O–H groups in total. The number of aliphatic hydroxyl groups is 1. The van der Waals surface area contributed by atoms with Crippen molar-refractivity contribution in [1.82, 2.24) is 4.90 Å². The molecule has 0 bridgehead atoms. The highest BCUT2D eigenvalue weighted by Gasteiger charge is 2.27. The Kier molecular flexibility index (Phi) is 15.3. The van der Waals surface area contributed by atoms with E-state index in [9.17, 15) is 5.11 Å². The Labute approximate surface area is 174 Å². The molecule has 0 radical (unpaired) electrons. The van der Waals surface area contributed by atoms with Gasteiger partial charge < -0.3 is 10.0 Å². The summed E-state index contributed by atoms with van der Waals surface area (Å²) in [6.07, 6.45) is 20.3. The third-order valence-corrected chi connectivity index (χ3v) is 5.86. The molecular weight excluding hydrogens is 356 g/mol. The van der Waals surface area contributed by atoms with Crippen molar-refractivity contribution in [3.05, 3.63) is 0 Å². The van der Waals surface area contributed by atoms with E-state index in [1.54, 1.807) is 0 Å². The van der Waals surface area contributed by atoms with E-state index in [-0.39, 0.29) is 5.50 Å². The molecule has 27 heavy (non-hydrogen) atoms. The van der Waals surface area contributed by atoms with E-state index in [1.807, 2.05) is 0 Å². The maximum absolute atomic E-state index is 10.5. The third-order valence-electron chi connectivity index (χ3n) is 5.63. The fourth-order valence-corrected chi connectivity index (χ4v) is 4.14. The number of aliphatic hydroxyl groups excluding tert-OH is 1. The second kappa shape index (κ2) is 16.7. The van der Waals surface area contributed by atoms with Gasteiger partial charge in [-0.2, -0.15) is 0 Å². The summed E-state index contributed by atoms with van der Waals surface area (Å²) in [6.45, 7) is 6.19. The van der Waals surface area contributed by atoms with Gasteiger partial charge in [-0.15, -0.1) is 0 Å². The van der Waals surface area contributed by atoms with E-state index in [4.69, 9.17) is 11.6 Å². The van der Waals surface area contributed by atoms with Crippen molar-refractivity contribution in [3.8, 4) is 0 Å². The van der Waals surface area contributed by atoms with Crippen LogP contribution in [0.1, 0.15) is 117 Å². The third kappa shape index (κ3) is 12.0. The number of alkyl halides is 1. The summed E-state index contributed by atoms with van der Waals surface area (Å²) in [4.78, 5) is 6.65. The highest BCUT2D eigenvalue weighted by Crippen LogP contribution is 2.19. The molecule has 0 aromatic rings. The van der Waals surface area contributed by atoms with E-state index in [0.717, 1.165) is 44.6 Å². The highest BCUT2D eigenvalue weighted by atomic mass is 35.5. The maximum Gasteiger partial charge on any atom is 0.143 e. The van der Waals surface area contributed by atoms with Gasteiger partial charge in [0.1, 0.15) is 17.4 Å². The van der Waals surface area contributed by atoms with Gasteiger partial charge in [0.05, 0.1) is 6.54 Å². The molecular formula is C23H45ClN2O. The van der Waals surface area contributed by atoms with Crippen LogP contribution in [0, 0.1) is 0 Å². The van der Waals surface area contributed by atoms with Gasteiger partial charge in [0, 0.05) is 6.54 Å². The molecule has 0 aromatic heterocycles. The first-order valence-corrected chi connectivity index (χ1v) is 12.3. The van der Waals surface area contributed by atoms with Crippen molar-refractivity contribution in [2.75, 3.05) is 13.1 Å². The summed E-state index contributed by atoms with van der Waals surface area (Å²) in [5.41, 5.74) is -0.182. The van der Waals surface area contributed by atoms with Crippen LogP contribution in [0.5, 0.6) is 0 Å². The molecule has 2 atom stereocenters. The monoisotopic (exact) mass is 400 g/mol. The Morgan fingerprint density at radius 3 is 1.85 bits per heavy atom. The van der Waals surface area contributed by atoms with Crippen molar-refractivity contribution in [3.63, 3.8) is 0 Å². The van der Waals surface area contributed by atoms with Gasteiger partial charge >= 0.3 is 0 Å².